The second-order valence-corrected chi connectivity index (χ2v) is 3.68. The summed E-state index contributed by atoms with van der Waals surface area (Å²) in [5.41, 5.74) is 0.000159. The molecule has 1 aliphatic heterocycles. The van der Waals surface area contributed by atoms with Crippen molar-refractivity contribution in [2.24, 2.45) is 5.92 Å². The fraction of sp³-hybridized carbons (Fsp3) is 0.500. The number of carboxylic acids is 1. The molecule has 1 fully saturated rings. The monoisotopic (exact) mass is 223 g/mol. The van der Waals surface area contributed by atoms with Crippen molar-refractivity contribution in [2.75, 3.05) is 25.1 Å². The highest BCUT2D eigenvalue weighted by Gasteiger charge is 2.15. The Balaban J connectivity index is 1.93. The van der Waals surface area contributed by atoms with Crippen LogP contribution in [0, 0.1) is 5.92 Å². The fourth-order valence-electron chi connectivity index (χ4n) is 1.54. The van der Waals surface area contributed by atoms with E-state index in [2.05, 4.69) is 15.3 Å². The van der Waals surface area contributed by atoms with Gasteiger partial charge in [0.2, 0.25) is 5.95 Å². The lowest BCUT2D eigenvalue weighted by Gasteiger charge is -2.08. The number of nitrogens with one attached hydrogen (secondary N) is 1. The molecule has 86 valence electrons. The minimum Gasteiger partial charge on any atom is -0.477 e. The minimum absolute atomic E-state index is 0.000159. The van der Waals surface area contributed by atoms with E-state index in [1.807, 2.05) is 0 Å². The third-order valence-corrected chi connectivity index (χ3v) is 2.45. The molecule has 1 atom stereocenters. The van der Waals surface area contributed by atoms with Gasteiger partial charge in [0.25, 0.3) is 0 Å². The number of aromatic carboxylic acids is 1. The highest BCUT2D eigenvalue weighted by Crippen LogP contribution is 2.12. The van der Waals surface area contributed by atoms with Crippen LogP contribution in [0.2, 0.25) is 0 Å². The van der Waals surface area contributed by atoms with Gasteiger partial charge in [0.1, 0.15) is 0 Å². The van der Waals surface area contributed by atoms with Crippen LogP contribution >= 0.6 is 0 Å². The van der Waals surface area contributed by atoms with Crippen LogP contribution in [-0.4, -0.2) is 40.8 Å². The average molecular weight is 223 g/mol. The first-order valence-electron chi connectivity index (χ1n) is 5.13. The summed E-state index contributed by atoms with van der Waals surface area (Å²) in [6.45, 7) is 2.25. The zero-order valence-corrected chi connectivity index (χ0v) is 8.72. The van der Waals surface area contributed by atoms with Crippen molar-refractivity contribution in [1.82, 2.24) is 9.97 Å². The van der Waals surface area contributed by atoms with Gasteiger partial charge in [-0.25, -0.2) is 14.8 Å². The third kappa shape index (κ3) is 2.66. The van der Waals surface area contributed by atoms with Gasteiger partial charge in [0.15, 0.2) is 5.69 Å². The van der Waals surface area contributed by atoms with Crippen molar-refractivity contribution in [3.8, 4) is 0 Å². The lowest BCUT2D eigenvalue weighted by atomic mass is 10.1. The van der Waals surface area contributed by atoms with E-state index in [0.29, 0.717) is 18.4 Å². The zero-order valence-electron chi connectivity index (χ0n) is 8.72. The van der Waals surface area contributed by atoms with Gasteiger partial charge >= 0.3 is 5.97 Å². The normalized spacial score (nSPS) is 19.6. The first-order valence-corrected chi connectivity index (χ1v) is 5.13. The number of anilines is 1. The highest BCUT2D eigenvalue weighted by atomic mass is 16.5. The van der Waals surface area contributed by atoms with Crippen LogP contribution < -0.4 is 5.32 Å². The Morgan fingerprint density at radius 3 is 3.25 bits per heavy atom. The summed E-state index contributed by atoms with van der Waals surface area (Å²) in [4.78, 5) is 18.5. The highest BCUT2D eigenvalue weighted by molar-refractivity contribution is 5.85. The van der Waals surface area contributed by atoms with E-state index >= 15 is 0 Å². The molecule has 1 unspecified atom stereocenters. The van der Waals surface area contributed by atoms with Gasteiger partial charge < -0.3 is 15.2 Å². The number of hydrogen-bond acceptors (Lipinski definition) is 5. The van der Waals surface area contributed by atoms with Crippen LogP contribution in [-0.2, 0) is 4.74 Å². The molecule has 0 aromatic carbocycles. The van der Waals surface area contributed by atoms with Crippen molar-refractivity contribution in [3.63, 3.8) is 0 Å². The third-order valence-electron chi connectivity index (χ3n) is 2.45. The Morgan fingerprint density at radius 2 is 2.56 bits per heavy atom. The molecule has 1 aromatic rings. The second-order valence-electron chi connectivity index (χ2n) is 3.68. The van der Waals surface area contributed by atoms with Crippen LogP contribution in [0.5, 0.6) is 0 Å². The molecule has 0 aliphatic carbocycles. The van der Waals surface area contributed by atoms with Crippen LogP contribution in [0.1, 0.15) is 16.9 Å². The molecule has 1 aromatic heterocycles. The second kappa shape index (κ2) is 4.89. The maximum Gasteiger partial charge on any atom is 0.354 e. The summed E-state index contributed by atoms with van der Waals surface area (Å²) in [5, 5.41) is 11.8. The molecular weight excluding hydrogens is 210 g/mol. The number of hydrogen-bond donors (Lipinski definition) is 2. The Kier molecular flexibility index (Phi) is 3.31. The summed E-state index contributed by atoms with van der Waals surface area (Å²) >= 11 is 0. The number of carboxylic acid groups (broad SMARTS) is 1. The lowest BCUT2D eigenvalue weighted by Crippen LogP contribution is -2.16. The van der Waals surface area contributed by atoms with E-state index in [9.17, 15) is 4.79 Å². The molecule has 2 heterocycles. The van der Waals surface area contributed by atoms with Gasteiger partial charge in [-0.3, -0.25) is 0 Å². The maximum absolute atomic E-state index is 10.7. The Morgan fingerprint density at radius 1 is 1.69 bits per heavy atom. The first-order chi connectivity index (χ1) is 7.75. The number of ether oxygens (including phenoxy) is 1. The molecule has 0 radical (unpaired) electrons. The summed E-state index contributed by atoms with van der Waals surface area (Å²) in [5.74, 6) is -0.237. The van der Waals surface area contributed by atoms with Gasteiger partial charge in [-0.15, -0.1) is 0 Å². The van der Waals surface area contributed by atoms with Gasteiger partial charge in [0.05, 0.1) is 6.61 Å². The van der Waals surface area contributed by atoms with Crippen LogP contribution in [0.4, 0.5) is 5.95 Å². The molecular formula is C10H13N3O3. The Bertz CT molecular complexity index is 377. The molecule has 6 nitrogen and oxygen atoms in total. The summed E-state index contributed by atoms with van der Waals surface area (Å²) < 4.78 is 5.23. The smallest absolute Gasteiger partial charge is 0.354 e. The lowest BCUT2D eigenvalue weighted by molar-refractivity contribution is 0.0690. The van der Waals surface area contributed by atoms with Gasteiger partial charge in [-0.2, -0.15) is 0 Å². The van der Waals surface area contributed by atoms with Crippen LogP contribution in [0.15, 0.2) is 12.3 Å². The quantitative estimate of drug-likeness (QED) is 0.778. The summed E-state index contributed by atoms with van der Waals surface area (Å²) in [7, 11) is 0. The molecule has 2 N–H and O–H groups in total. The number of nitrogens with zero attached hydrogens (tertiary/aromatic N) is 2. The fourth-order valence-corrected chi connectivity index (χ4v) is 1.54. The number of carbonyl (C=O) groups is 1. The molecule has 16 heavy (non-hydrogen) atoms. The largest absolute Gasteiger partial charge is 0.477 e. The number of aromatic nitrogens is 2. The standard InChI is InChI=1S/C10H13N3O3/c14-9(15)8-1-3-11-10(13-8)12-5-7-2-4-16-6-7/h1,3,7H,2,4-6H2,(H,14,15)(H,11,12,13). The van der Waals surface area contributed by atoms with E-state index in [4.69, 9.17) is 9.84 Å². The topological polar surface area (TPSA) is 84.3 Å². The van der Waals surface area contributed by atoms with Crippen molar-refractivity contribution < 1.29 is 14.6 Å². The molecule has 1 saturated heterocycles. The first kappa shape index (κ1) is 10.8. The molecule has 6 heteroatoms. The molecule has 0 amide bonds. The molecule has 0 bridgehead atoms. The minimum atomic E-state index is -1.05. The average Bonchev–Trinajstić information content (AvgIpc) is 2.79. The van der Waals surface area contributed by atoms with E-state index < -0.39 is 5.97 Å². The van der Waals surface area contributed by atoms with Gasteiger partial charge in [0, 0.05) is 25.3 Å². The van der Waals surface area contributed by atoms with E-state index in [-0.39, 0.29) is 5.69 Å². The molecule has 2 rings (SSSR count). The summed E-state index contributed by atoms with van der Waals surface area (Å²) in [6.07, 6.45) is 2.45. The predicted molar refractivity (Wildman–Crippen MR) is 56.4 cm³/mol. The predicted octanol–water partition coefficient (Wildman–Crippen LogP) is 0.623. The van der Waals surface area contributed by atoms with Crippen LogP contribution in [0.25, 0.3) is 0 Å². The SMILES string of the molecule is O=C(O)c1ccnc(NCC2CCOC2)n1. The van der Waals surface area contributed by atoms with E-state index in [0.717, 1.165) is 19.6 Å². The van der Waals surface area contributed by atoms with Gasteiger partial charge in [-0.05, 0) is 12.5 Å². The molecule has 0 spiro atoms. The van der Waals surface area contributed by atoms with Crippen molar-refractivity contribution in [1.29, 1.82) is 0 Å². The number of rotatable bonds is 4. The van der Waals surface area contributed by atoms with E-state index in [1.165, 1.54) is 12.3 Å². The summed E-state index contributed by atoms with van der Waals surface area (Å²) in [6, 6.07) is 1.37. The Labute approximate surface area is 92.7 Å². The maximum atomic E-state index is 10.7. The zero-order chi connectivity index (χ0) is 11.4. The molecule has 1 aliphatic rings. The van der Waals surface area contributed by atoms with E-state index in [1.54, 1.807) is 0 Å². The van der Waals surface area contributed by atoms with Crippen LogP contribution in [0.3, 0.4) is 0 Å². The Hall–Kier alpha value is -1.69. The van der Waals surface area contributed by atoms with Crippen molar-refractivity contribution in [2.45, 2.75) is 6.42 Å². The van der Waals surface area contributed by atoms with Crippen molar-refractivity contribution in [3.05, 3.63) is 18.0 Å². The van der Waals surface area contributed by atoms with Crippen molar-refractivity contribution >= 4 is 11.9 Å². The molecule has 0 saturated carbocycles. The van der Waals surface area contributed by atoms with Gasteiger partial charge in [-0.1, -0.05) is 0 Å².